The van der Waals surface area contributed by atoms with Crippen LogP contribution < -0.4 is 5.32 Å². The number of nitrogens with zero attached hydrogens (tertiary/aromatic N) is 2. The SMILES string of the molecule is N#CCC(=O)Nc1ccc2nc(-c3cccc(F)c3)oc2c1. The first-order valence-electron chi connectivity index (χ1n) is 6.49. The van der Waals surface area contributed by atoms with Gasteiger partial charge in [-0.25, -0.2) is 9.37 Å². The molecule has 1 amide bonds. The van der Waals surface area contributed by atoms with Crippen LogP contribution in [0.1, 0.15) is 6.42 Å². The van der Waals surface area contributed by atoms with Crippen LogP contribution in [0.5, 0.6) is 0 Å². The molecule has 0 saturated carbocycles. The molecule has 0 unspecified atom stereocenters. The molecule has 3 rings (SSSR count). The normalized spacial score (nSPS) is 10.4. The topological polar surface area (TPSA) is 78.9 Å². The van der Waals surface area contributed by atoms with Crippen LogP contribution in [0, 0.1) is 17.1 Å². The Morgan fingerprint density at radius 2 is 2.18 bits per heavy atom. The minimum absolute atomic E-state index is 0.219. The maximum Gasteiger partial charge on any atom is 0.238 e. The summed E-state index contributed by atoms with van der Waals surface area (Å²) in [7, 11) is 0. The highest BCUT2D eigenvalue weighted by atomic mass is 19.1. The van der Waals surface area contributed by atoms with Crippen molar-refractivity contribution in [2.24, 2.45) is 0 Å². The molecule has 0 saturated heterocycles. The number of nitrogens with one attached hydrogen (secondary N) is 1. The van der Waals surface area contributed by atoms with E-state index in [1.807, 2.05) is 0 Å². The molecule has 0 atom stereocenters. The van der Waals surface area contributed by atoms with Gasteiger partial charge in [0, 0.05) is 17.3 Å². The van der Waals surface area contributed by atoms with Gasteiger partial charge in [0.2, 0.25) is 11.8 Å². The van der Waals surface area contributed by atoms with Crippen LogP contribution in [-0.2, 0) is 4.79 Å². The largest absolute Gasteiger partial charge is 0.436 e. The number of nitriles is 1. The van der Waals surface area contributed by atoms with Gasteiger partial charge in [-0.2, -0.15) is 5.26 Å². The summed E-state index contributed by atoms with van der Waals surface area (Å²) in [6, 6.07) is 12.7. The Kier molecular flexibility index (Phi) is 3.54. The van der Waals surface area contributed by atoms with Crippen LogP contribution in [0.25, 0.3) is 22.6 Å². The van der Waals surface area contributed by atoms with Gasteiger partial charge in [-0.3, -0.25) is 4.79 Å². The highest BCUT2D eigenvalue weighted by molar-refractivity contribution is 5.94. The van der Waals surface area contributed by atoms with Crippen molar-refractivity contribution in [3.63, 3.8) is 0 Å². The van der Waals surface area contributed by atoms with E-state index in [9.17, 15) is 9.18 Å². The summed E-state index contributed by atoms with van der Waals surface area (Å²) in [5.41, 5.74) is 2.10. The molecule has 0 aliphatic rings. The molecule has 6 heteroatoms. The first-order chi connectivity index (χ1) is 10.7. The maximum atomic E-state index is 13.2. The second-order valence-corrected chi connectivity index (χ2v) is 4.59. The standard InChI is InChI=1S/C16H10FN3O2/c17-11-3-1-2-10(8-11)16-20-13-5-4-12(9-14(13)22-16)19-15(21)6-7-18/h1-5,8-9H,6H2,(H,19,21). The predicted molar refractivity (Wildman–Crippen MR) is 78.3 cm³/mol. The lowest BCUT2D eigenvalue weighted by molar-refractivity contribution is -0.115. The zero-order chi connectivity index (χ0) is 15.5. The summed E-state index contributed by atoms with van der Waals surface area (Å²) in [6.07, 6.45) is -0.219. The quantitative estimate of drug-likeness (QED) is 0.802. The van der Waals surface area contributed by atoms with Gasteiger partial charge in [0.15, 0.2) is 5.58 Å². The smallest absolute Gasteiger partial charge is 0.238 e. The van der Waals surface area contributed by atoms with E-state index < -0.39 is 5.91 Å². The molecule has 2 aromatic carbocycles. The van der Waals surface area contributed by atoms with E-state index in [-0.39, 0.29) is 12.2 Å². The summed E-state index contributed by atoms with van der Waals surface area (Å²) < 4.78 is 18.8. The molecule has 22 heavy (non-hydrogen) atoms. The monoisotopic (exact) mass is 295 g/mol. The average molecular weight is 295 g/mol. The zero-order valence-corrected chi connectivity index (χ0v) is 11.3. The number of carbonyl (C=O) groups is 1. The summed E-state index contributed by atoms with van der Waals surface area (Å²) in [4.78, 5) is 15.7. The molecular weight excluding hydrogens is 285 g/mol. The number of hydrogen-bond donors (Lipinski definition) is 1. The number of benzene rings is 2. The molecule has 1 N–H and O–H groups in total. The Bertz CT molecular complexity index is 896. The number of amides is 1. The molecule has 108 valence electrons. The fourth-order valence-corrected chi connectivity index (χ4v) is 2.02. The minimum atomic E-state index is -0.397. The first kappa shape index (κ1) is 13.8. The molecule has 3 aromatic rings. The van der Waals surface area contributed by atoms with Crippen molar-refractivity contribution in [2.45, 2.75) is 6.42 Å². The van der Waals surface area contributed by atoms with Crippen molar-refractivity contribution >= 4 is 22.7 Å². The van der Waals surface area contributed by atoms with Gasteiger partial charge in [0.1, 0.15) is 17.8 Å². The van der Waals surface area contributed by atoms with Crippen molar-refractivity contribution in [2.75, 3.05) is 5.32 Å². The highest BCUT2D eigenvalue weighted by Crippen LogP contribution is 2.26. The summed E-state index contributed by atoms with van der Waals surface area (Å²) in [5, 5.41) is 11.1. The maximum absolute atomic E-state index is 13.2. The highest BCUT2D eigenvalue weighted by Gasteiger charge is 2.10. The van der Waals surface area contributed by atoms with Crippen LogP contribution in [0.3, 0.4) is 0 Å². The second-order valence-electron chi connectivity index (χ2n) is 4.59. The molecule has 0 radical (unpaired) electrons. The Labute approximate surface area is 125 Å². The average Bonchev–Trinajstić information content (AvgIpc) is 2.90. The third kappa shape index (κ3) is 2.79. The third-order valence-electron chi connectivity index (χ3n) is 2.98. The lowest BCUT2D eigenvalue weighted by Crippen LogP contribution is -2.09. The lowest BCUT2D eigenvalue weighted by atomic mass is 10.2. The molecule has 0 fully saturated rings. The fourth-order valence-electron chi connectivity index (χ4n) is 2.02. The summed E-state index contributed by atoms with van der Waals surface area (Å²) in [6.45, 7) is 0. The number of rotatable bonds is 3. The van der Waals surface area contributed by atoms with Crippen LogP contribution in [0.4, 0.5) is 10.1 Å². The van der Waals surface area contributed by atoms with Gasteiger partial charge in [0.25, 0.3) is 0 Å². The second kappa shape index (κ2) is 5.66. The van der Waals surface area contributed by atoms with Crippen LogP contribution in [-0.4, -0.2) is 10.9 Å². The molecule has 0 bridgehead atoms. The number of hydrogen-bond acceptors (Lipinski definition) is 4. The van der Waals surface area contributed by atoms with E-state index in [0.29, 0.717) is 28.2 Å². The van der Waals surface area contributed by atoms with Crippen LogP contribution in [0.2, 0.25) is 0 Å². The Morgan fingerprint density at radius 3 is 2.95 bits per heavy atom. The molecule has 0 aliphatic carbocycles. The van der Waals surface area contributed by atoms with Gasteiger partial charge >= 0.3 is 0 Å². The van der Waals surface area contributed by atoms with E-state index in [2.05, 4.69) is 10.3 Å². The van der Waals surface area contributed by atoms with Gasteiger partial charge in [-0.15, -0.1) is 0 Å². The summed E-state index contributed by atoms with van der Waals surface area (Å²) >= 11 is 0. The lowest BCUT2D eigenvalue weighted by Gasteiger charge is -2.01. The van der Waals surface area contributed by atoms with E-state index >= 15 is 0 Å². The molecule has 0 spiro atoms. The minimum Gasteiger partial charge on any atom is -0.436 e. The van der Waals surface area contributed by atoms with Crippen molar-refractivity contribution in [1.82, 2.24) is 4.98 Å². The Hall–Kier alpha value is -3.20. The molecule has 1 aromatic heterocycles. The molecule has 0 aliphatic heterocycles. The number of fused-ring (bicyclic) bond motifs is 1. The van der Waals surface area contributed by atoms with Crippen molar-refractivity contribution in [3.05, 3.63) is 48.3 Å². The number of oxazole rings is 1. The molecule has 1 heterocycles. The number of anilines is 1. The van der Waals surface area contributed by atoms with E-state index in [1.165, 1.54) is 12.1 Å². The number of carbonyl (C=O) groups excluding carboxylic acids is 1. The fraction of sp³-hybridized carbons (Fsp3) is 0.0625. The van der Waals surface area contributed by atoms with Gasteiger partial charge in [-0.1, -0.05) is 6.07 Å². The van der Waals surface area contributed by atoms with Crippen LogP contribution in [0.15, 0.2) is 46.9 Å². The Balaban J connectivity index is 1.94. The third-order valence-corrected chi connectivity index (χ3v) is 2.98. The van der Waals surface area contributed by atoms with Crippen molar-refractivity contribution in [1.29, 1.82) is 5.26 Å². The van der Waals surface area contributed by atoms with E-state index in [0.717, 1.165) is 0 Å². The Morgan fingerprint density at radius 1 is 1.32 bits per heavy atom. The van der Waals surface area contributed by atoms with E-state index in [1.54, 1.807) is 36.4 Å². The molecule has 5 nitrogen and oxygen atoms in total. The summed E-state index contributed by atoms with van der Waals surface area (Å²) in [5.74, 6) is -0.467. The number of aromatic nitrogens is 1. The number of halogens is 1. The van der Waals surface area contributed by atoms with Gasteiger partial charge < -0.3 is 9.73 Å². The van der Waals surface area contributed by atoms with Gasteiger partial charge in [0.05, 0.1) is 6.07 Å². The van der Waals surface area contributed by atoms with Crippen molar-refractivity contribution < 1.29 is 13.6 Å². The molecular formula is C16H10FN3O2. The van der Waals surface area contributed by atoms with E-state index in [4.69, 9.17) is 9.68 Å². The zero-order valence-electron chi connectivity index (χ0n) is 11.3. The van der Waals surface area contributed by atoms with Crippen LogP contribution >= 0.6 is 0 Å². The van der Waals surface area contributed by atoms with Gasteiger partial charge in [-0.05, 0) is 30.3 Å². The van der Waals surface area contributed by atoms with Crippen molar-refractivity contribution in [3.8, 4) is 17.5 Å². The first-order valence-corrected chi connectivity index (χ1v) is 6.49. The predicted octanol–water partition coefficient (Wildman–Crippen LogP) is 3.49.